The molecule has 3 aliphatic heterocycles. The Morgan fingerprint density at radius 3 is 2.76 bits per heavy atom. The molecule has 1 aliphatic carbocycles. The Balaban J connectivity index is 1.24. The average Bonchev–Trinajstić information content (AvgIpc) is 3.81. The Bertz CT molecular complexity index is 1400. The van der Waals surface area contributed by atoms with Gasteiger partial charge in [-0.3, -0.25) is 24.0 Å². The van der Waals surface area contributed by atoms with Gasteiger partial charge in [0.05, 0.1) is 25.8 Å². The smallest absolute Gasteiger partial charge is 0.289 e. The lowest BCUT2D eigenvalue weighted by Gasteiger charge is -2.29. The molecule has 224 valence electrons. The third-order valence-electron chi connectivity index (χ3n) is 9.30. The molecule has 1 saturated carbocycles. The standard InChI is InChI=1S/C30H37N5O7/c1-41-24-7-3-6-21-20(24)13-23(33-21)30(40)35-14-17-4-2-5-19(17)25(35)28(38)34-22(12-16-8-10-31-27(16)37)26(36)29(39)32-18-9-11-42-15-18/h3,6-7,13,16-19,22,25,33H,2,4-5,8-12,14-15H2,1H3,(H,31,37)(H,32,39)(H,34,38)/t16-,17-,18-,19-,22?,25-/m0/s1. The number of methoxy groups -OCH3 is 1. The van der Waals surface area contributed by atoms with E-state index in [2.05, 4.69) is 20.9 Å². The number of rotatable bonds is 9. The number of aromatic amines is 1. The van der Waals surface area contributed by atoms with Crippen molar-refractivity contribution in [3.63, 3.8) is 0 Å². The lowest BCUT2D eigenvalue weighted by Crippen LogP contribution is -2.56. The summed E-state index contributed by atoms with van der Waals surface area (Å²) < 4.78 is 10.7. The van der Waals surface area contributed by atoms with Crippen molar-refractivity contribution >= 4 is 40.3 Å². The van der Waals surface area contributed by atoms with E-state index in [1.54, 1.807) is 18.1 Å². The van der Waals surface area contributed by atoms with Gasteiger partial charge in [-0.05, 0) is 62.1 Å². The van der Waals surface area contributed by atoms with Gasteiger partial charge in [-0.25, -0.2) is 0 Å². The molecular formula is C30H37N5O7. The second-order valence-electron chi connectivity index (χ2n) is 11.8. The van der Waals surface area contributed by atoms with Crippen LogP contribution in [0.2, 0.25) is 0 Å². The van der Waals surface area contributed by atoms with E-state index in [1.165, 1.54) is 0 Å². The van der Waals surface area contributed by atoms with E-state index in [9.17, 15) is 24.0 Å². The number of ether oxygens (including phenoxy) is 2. The Kier molecular flexibility index (Phi) is 7.89. The van der Waals surface area contributed by atoms with Crippen LogP contribution in [0, 0.1) is 17.8 Å². The van der Waals surface area contributed by atoms with Crippen molar-refractivity contribution in [3.8, 4) is 5.75 Å². The highest BCUT2D eigenvalue weighted by Crippen LogP contribution is 2.43. The predicted octanol–water partition coefficient (Wildman–Crippen LogP) is 0.902. The first-order valence-corrected chi connectivity index (χ1v) is 14.8. The molecular weight excluding hydrogens is 542 g/mol. The van der Waals surface area contributed by atoms with E-state index < -0.39 is 35.6 Å². The quantitative estimate of drug-likeness (QED) is 0.321. The molecule has 4 heterocycles. The van der Waals surface area contributed by atoms with Crippen LogP contribution in [-0.4, -0.2) is 90.8 Å². The fourth-order valence-electron chi connectivity index (χ4n) is 7.13. The highest BCUT2D eigenvalue weighted by molar-refractivity contribution is 6.38. The first-order valence-electron chi connectivity index (χ1n) is 14.8. The largest absolute Gasteiger partial charge is 0.496 e. The van der Waals surface area contributed by atoms with Crippen molar-refractivity contribution in [1.82, 2.24) is 25.8 Å². The number of nitrogens with zero attached hydrogens (tertiary/aromatic N) is 1. The number of H-pyrrole nitrogens is 1. The molecule has 1 aromatic heterocycles. The van der Waals surface area contributed by atoms with Crippen LogP contribution in [-0.2, 0) is 23.9 Å². The van der Waals surface area contributed by atoms with Crippen LogP contribution in [0.5, 0.6) is 5.75 Å². The number of carbonyl (C=O) groups excluding carboxylic acids is 5. The monoisotopic (exact) mass is 579 g/mol. The van der Waals surface area contributed by atoms with Gasteiger partial charge in [0, 0.05) is 36.5 Å². The van der Waals surface area contributed by atoms with Crippen LogP contribution in [0.15, 0.2) is 24.3 Å². The van der Waals surface area contributed by atoms with Gasteiger partial charge in [0.25, 0.3) is 11.8 Å². The van der Waals surface area contributed by atoms with Crippen molar-refractivity contribution in [1.29, 1.82) is 0 Å². The third-order valence-corrected chi connectivity index (χ3v) is 9.30. The normalized spacial score (nSPS) is 27.5. The van der Waals surface area contributed by atoms with Crippen LogP contribution in [0.1, 0.15) is 49.0 Å². The molecule has 1 unspecified atom stereocenters. The van der Waals surface area contributed by atoms with Crippen LogP contribution >= 0.6 is 0 Å². The molecule has 4 aliphatic rings. The fourth-order valence-corrected chi connectivity index (χ4v) is 7.13. The lowest BCUT2D eigenvalue weighted by atomic mass is 9.91. The number of hydrogen-bond acceptors (Lipinski definition) is 7. The predicted molar refractivity (Wildman–Crippen MR) is 151 cm³/mol. The number of Topliss-reactive ketones (excluding diaryl/α,β-unsaturated/α-hetero) is 1. The number of benzene rings is 1. The number of nitrogens with one attached hydrogen (secondary N) is 4. The van der Waals surface area contributed by atoms with Crippen LogP contribution in [0.3, 0.4) is 0 Å². The van der Waals surface area contributed by atoms with Gasteiger partial charge in [-0.1, -0.05) is 12.5 Å². The highest BCUT2D eigenvalue weighted by atomic mass is 16.5. The summed E-state index contributed by atoms with van der Waals surface area (Å²) in [5.74, 6) is -2.32. The van der Waals surface area contributed by atoms with Gasteiger partial charge < -0.3 is 35.3 Å². The maximum atomic E-state index is 14.0. The Hall–Kier alpha value is -3.93. The zero-order chi connectivity index (χ0) is 29.4. The minimum Gasteiger partial charge on any atom is -0.496 e. The topological polar surface area (TPSA) is 159 Å². The summed E-state index contributed by atoms with van der Waals surface area (Å²) in [6.45, 7) is 1.73. The van der Waals surface area contributed by atoms with E-state index in [0.717, 1.165) is 30.2 Å². The number of hydrogen-bond donors (Lipinski definition) is 4. The number of ketones is 1. The van der Waals surface area contributed by atoms with E-state index in [1.807, 2.05) is 18.2 Å². The molecule has 3 saturated heterocycles. The van der Waals surface area contributed by atoms with Crippen molar-refractivity contribution < 1.29 is 33.4 Å². The van der Waals surface area contributed by atoms with Gasteiger partial charge in [0.1, 0.15) is 17.5 Å². The summed E-state index contributed by atoms with van der Waals surface area (Å²) in [5, 5.41) is 9.04. The summed E-state index contributed by atoms with van der Waals surface area (Å²) >= 11 is 0. The Morgan fingerprint density at radius 1 is 1.17 bits per heavy atom. The number of aromatic nitrogens is 1. The maximum Gasteiger partial charge on any atom is 0.289 e. The molecule has 1 aromatic carbocycles. The van der Waals surface area contributed by atoms with Crippen molar-refractivity contribution in [2.75, 3.05) is 33.4 Å². The van der Waals surface area contributed by atoms with Gasteiger partial charge >= 0.3 is 0 Å². The first kappa shape index (κ1) is 28.2. The summed E-state index contributed by atoms with van der Waals surface area (Å²) in [7, 11) is 1.57. The minimum atomic E-state index is -1.19. The number of carbonyl (C=O) groups is 5. The summed E-state index contributed by atoms with van der Waals surface area (Å²) in [4.78, 5) is 71.4. The molecule has 12 nitrogen and oxygen atoms in total. The molecule has 0 bridgehead atoms. The molecule has 0 spiro atoms. The maximum absolute atomic E-state index is 14.0. The SMILES string of the molecule is COc1cccc2[nH]c(C(=O)N3C[C@@H]4CCC[C@@H]4[C@H]3C(=O)NC(C[C@@H]3CCNC3=O)C(=O)C(=O)N[C@H]3CCOC3)cc12. The van der Waals surface area contributed by atoms with Crippen molar-refractivity contribution in [2.24, 2.45) is 17.8 Å². The van der Waals surface area contributed by atoms with E-state index in [0.29, 0.717) is 50.6 Å². The van der Waals surface area contributed by atoms with E-state index in [-0.39, 0.29) is 36.1 Å². The zero-order valence-corrected chi connectivity index (χ0v) is 23.6. The molecule has 4 N–H and O–H groups in total. The number of amides is 4. The third kappa shape index (κ3) is 5.35. The number of likely N-dealkylation sites (tertiary alicyclic amines) is 1. The molecule has 4 fully saturated rings. The molecule has 4 amide bonds. The lowest BCUT2D eigenvalue weighted by molar-refractivity contribution is -0.141. The van der Waals surface area contributed by atoms with E-state index in [4.69, 9.17) is 9.47 Å². The molecule has 0 radical (unpaired) electrons. The van der Waals surface area contributed by atoms with E-state index >= 15 is 0 Å². The molecule has 2 aromatic rings. The van der Waals surface area contributed by atoms with Crippen LogP contribution < -0.4 is 20.7 Å². The second-order valence-corrected chi connectivity index (χ2v) is 11.8. The molecule has 12 heteroatoms. The average molecular weight is 580 g/mol. The van der Waals surface area contributed by atoms with Gasteiger partial charge in [-0.15, -0.1) is 0 Å². The summed E-state index contributed by atoms with van der Waals surface area (Å²) in [5.41, 5.74) is 1.10. The Labute approximate surface area is 243 Å². The second kappa shape index (κ2) is 11.7. The van der Waals surface area contributed by atoms with Gasteiger partial charge in [-0.2, -0.15) is 0 Å². The van der Waals surface area contributed by atoms with Crippen molar-refractivity contribution in [2.45, 2.75) is 56.7 Å². The van der Waals surface area contributed by atoms with Gasteiger partial charge in [0.15, 0.2) is 0 Å². The zero-order valence-electron chi connectivity index (χ0n) is 23.6. The molecule has 42 heavy (non-hydrogen) atoms. The first-order chi connectivity index (χ1) is 20.3. The fraction of sp³-hybridized carbons (Fsp3) is 0.567. The summed E-state index contributed by atoms with van der Waals surface area (Å²) in [6.07, 6.45) is 3.79. The highest BCUT2D eigenvalue weighted by Gasteiger charge is 2.50. The minimum absolute atomic E-state index is 0.0154. The van der Waals surface area contributed by atoms with Crippen LogP contribution in [0.4, 0.5) is 0 Å². The Morgan fingerprint density at radius 2 is 2.02 bits per heavy atom. The van der Waals surface area contributed by atoms with Crippen molar-refractivity contribution in [3.05, 3.63) is 30.0 Å². The van der Waals surface area contributed by atoms with Gasteiger partial charge in [0.2, 0.25) is 17.6 Å². The molecule has 6 atom stereocenters. The number of fused-ring (bicyclic) bond motifs is 2. The molecule has 6 rings (SSSR count). The van der Waals surface area contributed by atoms with Crippen LogP contribution in [0.25, 0.3) is 10.9 Å². The summed E-state index contributed by atoms with van der Waals surface area (Å²) in [6, 6.07) is 4.99.